The lowest BCUT2D eigenvalue weighted by atomic mass is 9.93. The monoisotopic (exact) mass is 348 g/mol. The summed E-state index contributed by atoms with van der Waals surface area (Å²) in [6.45, 7) is 4.85. The third-order valence-corrected chi connectivity index (χ3v) is 4.81. The first kappa shape index (κ1) is 19.2. The summed E-state index contributed by atoms with van der Waals surface area (Å²) in [5, 5.41) is 9.38. The molecule has 0 radical (unpaired) electrons. The van der Waals surface area contributed by atoms with Crippen LogP contribution in [0.3, 0.4) is 0 Å². The van der Waals surface area contributed by atoms with E-state index in [1.165, 1.54) is 0 Å². The van der Waals surface area contributed by atoms with E-state index in [-0.39, 0.29) is 24.6 Å². The number of carboxylic acid groups (broad SMARTS) is 1. The number of nitrogens with zero attached hydrogens (tertiary/aromatic N) is 2. The van der Waals surface area contributed by atoms with Crippen LogP contribution in [-0.4, -0.2) is 66.1 Å². The minimum Gasteiger partial charge on any atom is -0.491 e. The summed E-state index contributed by atoms with van der Waals surface area (Å²) in [6.07, 6.45) is 1.60. The number of hydrogen-bond acceptors (Lipinski definition) is 4. The van der Waals surface area contributed by atoms with Crippen LogP contribution >= 0.6 is 0 Å². The predicted molar refractivity (Wildman–Crippen MR) is 95.9 cm³/mol. The Balaban J connectivity index is 2.11. The van der Waals surface area contributed by atoms with Crippen molar-refractivity contribution in [2.24, 2.45) is 5.92 Å². The highest BCUT2D eigenvalue weighted by molar-refractivity contribution is 5.94. The number of carboxylic acids is 1. The maximum absolute atomic E-state index is 12.8. The zero-order valence-corrected chi connectivity index (χ0v) is 15.4. The van der Waals surface area contributed by atoms with Crippen molar-refractivity contribution in [2.75, 3.05) is 27.2 Å². The SMILES string of the molecule is CCC(C)Oc1ccc(C(=O)N2CC(C(=O)O)CC(N(C)C)C2)cc1. The molecule has 0 aromatic heterocycles. The number of ether oxygens (including phenoxy) is 1. The van der Waals surface area contributed by atoms with Gasteiger partial charge in [0.25, 0.3) is 5.91 Å². The summed E-state index contributed by atoms with van der Waals surface area (Å²) in [5.74, 6) is -0.772. The number of benzene rings is 1. The number of piperidine rings is 1. The van der Waals surface area contributed by atoms with Gasteiger partial charge < -0.3 is 19.6 Å². The Hall–Kier alpha value is -2.08. The fourth-order valence-corrected chi connectivity index (χ4v) is 2.97. The molecule has 3 atom stereocenters. The summed E-state index contributed by atoms with van der Waals surface area (Å²) in [6, 6.07) is 7.12. The van der Waals surface area contributed by atoms with Crippen molar-refractivity contribution in [3.63, 3.8) is 0 Å². The van der Waals surface area contributed by atoms with Crippen LogP contribution in [0, 0.1) is 5.92 Å². The van der Waals surface area contributed by atoms with Crippen LogP contribution in [0.5, 0.6) is 5.75 Å². The molecule has 2 rings (SSSR count). The van der Waals surface area contributed by atoms with Crippen LogP contribution in [0.25, 0.3) is 0 Å². The van der Waals surface area contributed by atoms with E-state index in [4.69, 9.17) is 4.74 Å². The topological polar surface area (TPSA) is 70.1 Å². The summed E-state index contributed by atoms with van der Waals surface area (Å²) in [4.78, 5) is 27.9. The third kappa shape index (κ3) is 4.95. The first-order chi connectivity index (χ1) is 11.8. The molecular weight excluding hydrogens is 320 g/mol. The van der Waals surface area contributed by atoms with Gasteiger partial charge in [-0.2, -0.15) is 0 Å². The van der Waals surface area contributed by atoms with Gasteiger partial charge in [-0.3, -0.25) is 9.59 Å². The molecule has 0 aliphatic carbocycles. The zero-order chi connectivity index (χ0) is 18.6. The summed E-state index contributed by atoms with van der Waals surface area (Å²) in [5.41, 5.74) is 0.556. The van der Waals surface area contributed by atoms with Gasteiger partial charge in [-0.1, -0.05) is 6.92 Å². The fourth-order valence-electron chi connectivity index (χ4n) is 2.97. The first-order valence-corrected chi connectivity index (χ1v) is 8.77. The second-order valence-corrected chi connectivity index (χ2v) is 6.96. The summed E-state index contributed by atoms with van der Waals surface area (Å²) < 4.78 is 5.73. The van der Waals surface area contributed by atoms with Gasteiger partial charge in [0.1, 0.15) is 5.75 Å². The molecule has 25 heavy (non-hydrogen) atoms. The second kappa shape index (κ2) is 8.34. The Morgan fingerprint density at radius 1 is 1.28 bits per heavy atom. The van der Waals surface area contributed by atoms with Crippen molar-refractivity contribution in [3.8, 4) is 5.75 Å². The van der Waals surface area contributed by atoms with Gasteiger partial charge >= 0.3 is 5.97 Å². The Bertz CT molecular complexity index is 600. The molecule has 1 aromatic rings. The molecule has 138 valence electrons. The number of carbonyl (C=O) groups is 2. The molecule has 6 nitrogen and oxygen atoms in total. The summed E-state index contributed by atoms with van der Waals surface area (Å²) in [7, 11) is 3.83. The van der Waals surface area contributed by atoms with E-state index < -0.39 is 11.9 Å². The van der Waals surface area contributed by atoms with Gasteiger partial charge in [-0.15, -0.1) is 0 Å². The molecule has 1 aliphatic heterocycles. The molecule has 1 aliphatic rings. The first-order valence-electron chi connectivity index (χ1n) is 8.77. The predicted octanol–water partition coefficient (Wildman–Crippen LogP) is 2.34. The van der Waals surface area contributed by atoms with Gasteiger partial charge in [0.2, 0.25) is 0 Å². The number of aliphatic carboxylic acids is 1. The second-order valence-electron chi connectivity index (χ2n) is 6.96. The van der Waals surface area contributed by atoms with E-state index in [1.54, 1.807) is 29.2 Å². The Morgan fingerprint density at radius 2 is 1.92 bits per heavy atom. The quantitative estimate of drug-likeness (QED) is 0.854. The van der Waals surface area contributed by atoms with Crippen LogP contribution in [-0.2, 0) is 4.79 Å². The molecule has 1 saturated heterocycles. The number of amides is 1. The van der Waals surface area contributed by atoms with Crippen molar-refractivity contribution in [3.05, 3.63) is 29.8 Å². The van der Waals surface area contributed by atoms with Gasteiger partial charge in [-0.05, 0) is 58.1 Å². The molecule has 0 saturated carbocycles. The average Bonchev–Trinajstić information content (AvgIpc) is 2.61. The molecular formula is C19H28N2O4. The molecule has 1 fully saturated rings. The number of hydrogen-bond donors (Lipinski definition) is 1. The van der Waals surface area contributed by atoms with E-state index >= 15 is 0 Å². The minimum atomic E-state index is -0.846. The number of carbonyl (C=O) groups excluding carboxylic acids is 1. The number of rotatable bonds is 6. The minimum absolute atomic E-state index is 0.0480. The molecule has 0 spiro atoms. The van der Waals surface area contributed by atoms with E-state index in [2.05, 4.69) is 6.92 Å². The maximum Gasteiger partial charge on any atom is 0.308 e. The van der Waals surface area contributed by atoms with E-state index in [0.717, 1.165) is 12.2 Å². The van der Waals surface area contributed by atoms with Crippen molar-refractivity contribution in [2.45, 2.75) is 38.8 Å². The third-order valence-electron chi connectivity index (χ3n) is 4.81. The summed E-state index contributed by atoms with van der Waals surface area (Å²) >= 11 is 0. The lowest BCUT2D eigenvalue weighted by Crippen LogP contribution is -2.52. The highest BCUT2D eigenvalue weighted by atomic mass is 16.5. The lowest BCUT2D eigenvalue weighted by molar-refractivity contribution is -0.144. The lowest BCUT2D eigenvalue weighted by Gasteiger charge is -2.39. The molecule has 1 heterocycles. The molecule has 1 aromatic carbocycles. The molecule has 1 N–H and O–H groups in total. The van der Waals surface area contributed by atoms with Crippen molar-refractivity contribution < 1.29 is 19.4 Å². The van der Waals surface area contributed by atoms with Crippen LogP contribution in [0.4, 0.5) is 0 Å². The van der Waals surface area contributed by atoms with Crippen molar-refractivity contribution in [1.29, 1.82) is 0 Å². The van der Waals surface area contributed by atoms with Gasteiger partial charge in [-0.25, -0.2) is 0 Å². The average molecular weight is 348 g/mol. The Labute approximate surface area is 149 Å². The Morgan fingerprint density at radius 3 is 2.44 bits per heavy atom. The van der Waals surface area contributed by atoms with Crippen molar-refractivity contribution in [1.82, 2.24) is 9.80 Å². The van der Waals surface area contributed by atoms with Crippen LogP contribution < -0.4 is 4.74 Å². The van der Waals surface area contributed by atoms with Crippen LogP contribution in [0.15, 0.2) is 24.3 Å². The Kier molecular flexibility index (Phi) is 6.42. The largest absolute Gasteiger partial charge is 0.491 e. The molecule has 0 bridgehead atoms. The zero-order valence-electron chi connectivity index (χ0n) is 15.4. The normalized spacial score (nSPS) is 21.9. The highest BCUT2D eigenvalue weighted by Crippen LogP contribution is 2.23. The number of likely N-dealkylation sites (N-methyl/N-ethyl adjacent to an activating group) is 1. The smallest absolute Gasteiger partial charge is 0.308 e. The maximum atomic E-state index is 12.8. The van der Waals surface area contributed by atoms with E-state index in [1.807, 2.05) is 25.9 Å². The standard InChI is InChI=1S/C19H28N2O4/c1-5-13(2)25-17-8-6-14(7-9-17)18(22)21-11-15(19(23)24)10-16(12-21)20(3)4/h6-9,13,15-16H,5,10-12H2,1-4H3,(H,23,24). The van der Waals surface area contributed by atoms with Crippen LogP contribution in [0.2, 0.25) is 0 Å². The van der Waals surface area contributed by atoms with Gasteiger partial charge in [0.05, 0.1) is 12.0 Å². The van der Waals surface area contributed by atoms with Gasteiger partial charge in [0, 0.05) is 24.7 Å². The molecule has 1 amide bonds. The van der Waals surface area contributed by atoms with Gasteiger partial charge in [0.15, 0.2) is 0 Å². The highest BCUT2D eigenvalue weighted by Gasteiger charge is 2.34. The molecule has 3 unspecified atom stereocenters. The molecule has 6 heteroatoms. The van der Waals surface area contributed by atoms with Crippen LogP contribution in [0.1, 0.15) is 37.0 Å². The number of likely N-dealkylation sites (tertiary alicyclic amines) is 1. The fraction of sp³-hybridized carbons (Fsp3) is 0.579. The van der Waals surface area contributed by atoms with Crippen molar-refractivity contribution >= 4 is 11.9 Å². The van der Waals surface area contributed by atoms with E-state index in [0.29, 0.717) is 18.5 Å². The van der Waals surface area contributed by atoms with E-state index in [9.17, 15) is 14.7 Å².